The molecule has 2 heteroatoms. The minimum Gasteiger partial charge on any atom is -0.391 e. The number of carbonyl (C=O) groups is 1. The molecule has 0 unspecified atom stereocenters. The Hall–Kier alpha value is -0.630. The minimum absolute atomic E-state index is 0.174. The van der Waals surface area contributed by atoms with Crippen molar-refractivity contribution in [3.05, 3.63) is 12.7 Å². The van der Waals surface area contributed by atoms with Gasteiger partial charge in [-0.25, -0.2) is 0 Å². The van der Waals surface area contributed by atoms with Gasteiger partial charge in [0.15, 0.2) is 0 Å². The van der Waals surface area contributed by atoms with Crippen molar-refractivity contribution >= 4 is 5.78 Å². The summed E-state index contributed by atoms with van der Waals surface area (Å²) in [4.78, 5) is 12.9. The first-order chi connectivity index (χ1) is 10.2. The van der Waals surface area contributed by atoms with Crippen molar-refractivity contribution in [2.24, 2.45) is 34.0 Å². The lowest BCUT2D eigenvalue weighted by Crippen LogP contribution is -2.61. The lowest BCUT2D eigenvalue weighted by Gasteiger charge is -2.62. The standard InChI is InChI=1S/C20H32O2/c1-6-19(4)11-8-13-16(17(19)22)14(21)12-15-18(2,3)9-7-10-20(13,15)5/h6,13,15-17,22H,1,7-12H2,2-5H3/t13-,15-,16-,17+,19-,20+/m0/s1. The van der Waals surface area contributed by atoms with Crippen LogP contribution in [0.1, 0.15) is 66.2 Å². The molecule has 0 aromatic carbocycles. The largest absolute Gasteiger partial charge is 0.391 e. The van der Waals surface area contributed by atoms with E-state index in [1.807, 2.05) is 6.08 Å². The number of hydrogen-bond donors (Lipinski definition) is 1. The highest BCUT2D eigenvalue weighted by Crippen LogP contribution is 2.64. The van der Waals surface area contributed by atoms with Gasteiger partial charge < -0.3 is 5.11 Å². The number of ketones is 1. The Morgan fingerprint density at radius 2 is 1.86 bits per heavy atom. The van der Waals surface area contributed by atoms with Crippen molar-refractivity contribution in [1.29, 1.82) is 0 Å². The van der Waals surface area contributed by atoms with Crippen LogP contribution >= 0.6 is 0 Å². The quantitative estimate of drug-likeness (QED) is 0.730. The molecule has 0 aliphatic heterocycles. The van der Waals surface area contributed by atoms with Crippen molar-refractivity contribution in [1.82, 2.24) is 0 Å². The summed E-state index contributed by atoms with van der Waals surface area (Å²) in [5, 5.41) is 10.9. The van der Waals surface area contributed by atoms with E-state index in [2.05, 4.69) is 34.3 Å². The smallest absolute Gasteiger partial charge is 0.139 e. The van der Waals surface area contributed by atoms with Gasteiger partial charge in [-0.3, -0.25) is 4.79 Å². The van der Waals surface area contributed by atoms with Gasteiger partial charge in [0.1, 0.15) is 5.78 Å². The topological polar surface area (TPSA) is 37.3 Å². The van der Waals surface area contributed by atoms with Crippen LogP contribution in [0.5, 0.6) is 0 Å². The van der Waals surface area contributed by atoms with Crippen LogP contribution in [0.3, 0.4) is 0 Å². The minimum atomic E-state index is -0.556. The lowest BCUT2D eigenvalue weighted by molar-refractivity contribution is -0.175. The van der Waals surface area contributed by atoms with E-state index in [-0.39, 0.29) is 22.2 Å². The summed E-state index contributed by atoms with van der Waals surface area (Å²) in [6.45, 7) is 13.1. The molecule has 3 fully saturated rings. The Bertz CT molecular complexity index is 494. The predicted octanol–water partition coefficient (Wildman–Crippen LogP) is 4.37. The Balaban J connectivity index is 2.00. The normalized spacial score (nSPS) is 50.9. The Labute approximate surface area is 135 Å². The molecule has 0 saturated heterocycles. The highest BCUT2D eigenvalue weighted by atomic mass is 16.3. The Morgan fingerprint density at radius 3 is 2.50 bits per heavy atom. The summed E-state index contributed by atoms with van der Waals surface area (Å²) >= 11 is 0. The molecule has 3 rings (SSSR count). The summed E-state index contributed by atoms with van der Waals surface area (Å²) < 4.78 is 0. The molecular weight excluding hydrogens is 272 g/mol. The van der Waals surface area contributed by atoms with Gasteiger partial charge in [0.05, 0.1) is 6.10 Å². The summed E-state index contributed by atoms with van der Waals surface area (Å²) in [5.41, 5.74) is 0.159. The summed E-state index contributed by atoms with van der Waals surface area (Å²) in [6, 6.07) is 0. The third-order valence-corrected chi connectivity index (χ3v) is 7.81. The average Bonchev–Trinajstić information content (AvgIpc) is 2.44. The van der Waals surface area contributed by atoms with E-state index in [9.17, 15) is 9.90 Å². The molecule has 0 amide bonds. The van der Waals surface area contributed by atoms with Gasteiger partial charge in [-0.05, 0) is 48.3 Å². The van der Waals surface area contributed by atoms with Crippen molar-refractivity contribution in [2.75, 3.05) is 0 Å². The van der Waals surface area contributed by atoms with E-state index < -0.39 is 6.10 Å². The first kappa shape index (κ1) is 16.2. The van der Waals surface area contributed by atoms with Gasteiger partial charge in [-0.2, -0.15) is 0 Å². The maximum atomic E-state index is 12.9. The maximum absolute atomic E-state index is 12.9. The van der Waals surface area contributed by atoms with Crippen LogP contribution in [0.4, 0.5) is 0 Å². The van der Waals surface area contributed by atoms with Crippen LogP contribution in [-0.4, -0.2) is 17.0 Å². The monoisotopic (exact) mass is 304 g/mol. The molecular formula is C20H32O2. The van der Waals surface area contributed by atoms with Gasteiger partial charge in [0, 0.05) is 17.8 Å². The second-order valence-electron chi connectivity index (χ2n) is 9.40. The Morgan fingerprint density at radius 1 is 1.18 bits per heavy atom. The predicted molar refractivity (Wildman–Crippen MR) is 89.4 cm³/mol. The third-order valence-electron chi connectivity index (χ3n) is 7.81. The first-order valence-corrected chi connectivity index (χ1v) is 9.00. The average molecular weight is 304 g/mol. The van der Waals surface area contributed by atoms with Crippen molar-refractivity contribution in [3.8, 4) is 0 Å². The van der Waals surface area contributed by atoms with Gasteiger partial charge in [-0.1, -0.05) is 40.2 Å². The number of fused-ring (bicyclic) bond motifs is 3. The fourth-order valence-corrected chi connectivity index (χ4v) is 6.24. The molecule has 0 aromatic rings. The van der Waals surface area contributed by atoms with E-state index in [4.69, 9.17) is 0 Å². The number of aliphatic hydroxyl groups is 1. The third kappa shape index (κ3) is 2.06. The molecule has 124 valence electrons. The van der Waals surface area contributed by atoms with E-state index in [0.717, 1.165) is 12.8 Å². The summed E-state index contributed by atoms with van der Waals surface area (Å²) in [6.07, 6.45) is 7.69. The Kier molecular flexibility index (Phi) is 3.64. The molecule has 0 aromatic heterocycles. The number of aliphatic hydroxyl groups excluding tert-OH is 1. The van der Waals surface area contributed by atoms with E-state index in [1.54, 1.807) is 0 Å². The van der Waals surface area contributed by atoms with E-state index in [0.29, 0.717) is 24.0 Å². The van der Waals surface area contributed by atoms with E-state index >= 15 is 0 Å². The molecule has 0 heterocycles. The summed E-state index contributed by atoms with van der Waals surface area (Å²) in [7, 11) is 0. The highest BCUT2D eigenvalue weighted by molar-refractivity contribution is 5.84. The molecule has 1 N–H and O–H groups in total. The first-order valence-electron chi connectivity index (χ1n) is 9.00. The number of rotatable bonds is 1. The maximum Gasteiger partial charge on any atom is 0.139 e. The van der Waals surface area contributed by atoms with Crippen LogP contribution in [0.2, 0.25) is 0 Å². The van der Waals surface area contributed by atoms with Crippen LogP contribution < -0.4 is 0 Å². The molecule has 22 heavy (non-hydrogen) atoms. The van der Waals surface area contributed by atoms with Gasteiger partial charge >= 0.3 is 0 Å². The van der Waals surface area contributed by atoms with E-state index in [1.165, 1.54) is 19.3 Å². The van der Waals surface area contributed by atoms with Crippen molar-refractivity contribution in [3.63, 3.8) is 0 Å². The number of hydrogen-bond acceptors (Lipinski definition) is 2. The van der Waals surface area contributed by atoms with Crippen LogP contribution in [0.15, 0.2) is 12.7 Å². The van der Waals surface area contributed by atoms with Gasteiger partial charge in [0.2, 0.25) is 0 Å². The fourth-order valence-electron chi connectivity index (χ4n) is 6.24. The van der Waals surface area contributed by atoms with Crippen LogP contribution in [0, 0.1) is 34.0 Å². The zero-order valence-corrected chi connectivity index (χ0v) is 14.7. The van der Waals surface area contributed by atoms with Gasteiger partial charge in [0.25, 0.3) is 0 Å². The van der Waals surface area contributed by atoms with Crippen LogP contribution in [0.25, 0.3) is 0 Å². The number of carbonyl (C=O) groups excluding carboxylic acids is 1. The molecule has 0 radical (unpaired) electrons. The second-order valence-corrected chi connectivity index (χ2v) is 9.40. The van der Waals surface area contributed by atoms with Crippen LogP contribution in [-0.2, 0) is 4.79 Å². The zero-order valence-electron chi connectivity index (χ0n) is 14.7. The van der Waals surface area contributed by atoms with Crippen molar-refractivity contribution < 1.29 is 9.90 Å². The zero-order chi connectivity index (χ0) is 16.3. The molecule has 3 saturated carbocycles. The molecule has 3 aliphatic carbocycles. The molecule has 0 spiro atoms. The molecule has 6 atom stereocenters. The molecule has 3 aliphatic rings. The van der Waals surface area contributed by atoms with Crippen molar-refractivity contribution in [2.45, 2.75) is 72.3 Å². The second kappa shape index (κ2) is 4.93. The summed E-state index contributed by atoms with van der Waals surface area (Å²) in [5.74, 6) is 0.957. The van der Waals surface area contributed by atoms with Gasteiger partial charge in [-0.15, -0.1) is 6.58 Å². The highest BCUT2D eigenvalue weighted by Gasteiger charge is 2.61. The fraction of sp³-hybridized carbons (Fsp3) is 0.850. The molecule has 2 nitrogen and oxygen atoms in total. The SMILES string of the molecule is C=C[C@@]1(C)CC[C@H]2[C@@H](C(=O)C[C@H]3C(C)(C)CCC[C@]23C)[C@H]1O. The number of Topliss-reactive ketones (excluding diaryl/α,β-unsaturated/α-hetero) is 1. The lowest BCUT2D eigenvalue weighted by atomic mass is 9.42. The molecule has 0 bridgehead atoms.